The first-order valence-corrected chi connectivity index (χ1v) is 14.1. The molecule has 2 aliphatic rings. The predicted octanol–water partition coefficient (Wildman–Crippen LogP) is 4.40. The number of fused-ring (bicyclic) bond motifs is 1. The number of hydrogen-bond donors (Lipinski definition) is 3. The fraction of sp³-hybridized carbons (Fsp3) is 0.667. The van der Waals surface area contributed by atoms with E-state index in [9.17, 15) is 4.79 Å². The molecule has 204 valence electrons. The van der Waals surface area contributed by atoms with E-state index in [1.807, 2.05) is 12.1 Å². The van der Waals surface area contributed by atoms with E-state index in [0.29, 0.717) is 42.6 Å². The maximum atomic E-state index is 11.3. The van der Waals surface area contributed by atoms with E-state index in [-0.39, 0.29) is 11.8 Å². The normalized spacial score (nSPS) is 21.0. The number of rotatable bonds is 11. The molecule has 1 aromatic carbocycles. The molecule has 2 fully saturated rings. The fourth-order valence-electron chi connectivity index (χ4n) is 5.68. The first kappa shape index (κ1) is 27.5. The van der Waals surface area contributed by atoms with Gasteiger partial charge in [-0.25, -0.2) is 4.98 Å². The van der Waals surface area contributed by atoms with Crippen molar-refractivity contribution in [1.82, 2.24) is 20.2 Å². The molecule has 1 saturated heterocycles. The van der Waals surface area contributed by atoms with Gasteiger partial charge < -0.3 is 25.4 Å². The molecule has 9 nitrogen and oxygen atoms in total. The maximum absolute atomic E-state index is 11.3. The lowest BCUT2D eigenvalue weighted by atomic mass is 9.89. The summed E-state index contributed by atoms with van der Waals surface area (Å²) in [7, 11) is 3.26. The Bertz CT molecular complexity index is 1050. The van der Waals surface area contributed by atoms with Crippen molar-refractivity contribution in [3.8, 4) is 11.5 Å². The number of nitrogens with one attached hydrogen (secondary N) is 3. The molecule has 2 heterocycles. The minimum atomic E-state index is -0.167. The lowest BCUT2D eigenvalue weighted by molar-refractivity contribution is -0.118. The molecule has 2 atom stereocenters. The Balaban J connectivity index is 1.49. The number of carbonyl (C=O) groups excluding carboxylic acids is 1. The van der Waals surface area contributed by atoms with Crippen LogP contribution in [-0.2, 0) is 4.79 Å². The molecule has 1 aromatic heterocycles. The van der Waals surface area contributed by atoms with Crippen LogP contribution < -0.4 is 25.4 Å². The third kappa shape index (κ3) is 7.08. The standard InChI is InChI=1S/C27H41ClN6O3/c1-18-14-19(10-13-34(18)20-8-5-4-6-9-20)31-26-21-15-23(36-2)24(37-3)16-22(21)32-27(33-26)30-12-7-11-29-25(35)17-28/h15-16,18-20H,4-14,17H2,1-3H3,(H,29,35)(H2,30,31,32,33). The van der Waals surface area contributed by atoms with E-state index in [0.717, 1.165) is 48.6 Å². The molecule has 3 N–H and O–H groups in total. The number of methoxy groups -OCH3 is 2. The lowest BCUT2D eigenvalue weighted by Gasteiger charge is -2.44. The topological polar surface area (TPSA) is 101 Å². The molecule has 10 heteroatoms. The smallest absolute Gasteiger partial charge is 0.234 e. The van der Waals surface area contributed by atoms with Gasteiger partial charge in [-0.05, 0) is 45.1 Å². The largest absolute Gasteiger partial charge is 0.493 e. The van der Waals surface area contributed by atoms with Crippen LogP contribution in [0.25, 0.3) is 10.9 Å². The van der Waals surface area contributed by atoms with Gasteiger partial charge in [0.1, 0.15) is 11.7 Å². The predicted molar refractivity (Wildman–Crippen MR) is 149 cm³/mol. The number of alkyl halides is 1. The van der Waals surface area contributed by atoms with Gasteiger partial charge in [0.2, 0.25) is 11.9 Å². The Morgan fingerprint density at radius 2 is 1.84 bits per heavy atom. The SMILES string of the molecule is COc1cc2nc(NCCCNC(=O)CCl)nc(NC3CCN(C4CCCCC4)C(C)C3)c2cc1OC. The van der Waals surface area contributed by atoms with E-state index in [4.69, 9.17) is 31.0 Å². The monoisotopic (exact) mass is 532 g/mol. The summed E-state index contributed by atoms with van der Waals surface area (Å²) < 4.78 is 11.1. The molecule has 0 bridgehead atoms. The van der Waals surface area contributed by atoms with Crippen LogP contribution in [0.4, 0.5) is 11.8 Å². The number of carbonyl (C=O) groups is 1. The zero-order chi connectivity index (χ0) is 26.2. The molecule has 1 saturated carbocycles. The summed E-state index contributed by atoms with van der Waals surface area (Å²) in [4.78, 5) is 23.7. The number of nitrogens with zero attached hydrogens (tertiary/aromatic N) is 3. The number of aromatic nitrogens is 2. The van der Waals surface area contributed by atoms with E-state index in [1.54, 1.807) is 14.2 Å². The van der Waals surface area contributed by atoms with Crippen molar-refractivity contribution in [3.63, 3.8) is 0 Å². The average molecular weight is 533 g/mol. The van der Waals surface area contributed by atoms with Crippen LogP contribution in [0.1, 0.15) is 58.3 Å². The average Bonchev–Trinajstić information content (AvgIpc) is 2.92. The van der Waals surface area contributed by atoms with Gasteiger partial charge in [0, 0.05) is 49.2 Å². The maximum Gasteiger partial charge on any atom is 0.234 e. The number of benzene rings is 1. The molecule has 1 amide bonds. The van der Waals surface area contributed by atoms with Gasteiger partial charge in [-0.1, -0.05) is 19.3 Å². The van der Waals surface area contributed by atoms with Crippen LogP contribution in [0.15, 0.2) is 12.1 Å². The quantitative estimate of drug-likeness (QED) is 0.289. The second-order valence-corrected chi connectivity index (χ2v) is 10.4. The van der Waals surface area contributed by atoms with Crippen molar-refractivity contribution in [1.29, 1.82) is 0 Å². The minimum Gasteiger partial charge on any atom is -0.493 e. The number of anilines is 2. The Labute approximate surface area is 225 Å². The first-order chi connectivity index (χ1) is 18.0. The summed E-state index contributed by atoms with van der Waals surface area (Å²) in [5.41, 5.74) is 0.779. The Morgan fingerprint density at radius 3 is 2.54 bits per heavy atom. The van der Waals surface area contributed by atoms with E-state index < -0.39 is 0 Å². The molecule has 2 aromatic rings. The van der Waals surface area contributed by atoms with Crippen molar-refractivity contribution in [2.24, 2.45) is 0 Å². The number of piperidine rings is 1. The molecular formula is C27H41ClN6O3. The van der Waals surface area contributed by atoms with Gasteiger partial charge in [-0.15, -0.1) is 11.6 Å². The van der Waals surface area contributed by atoms with Crippen molar-refractivity contribution in [2.45, 2.75) is 76.4 Å². The summed E-state index contributed by atoms with van der Waals surface area (Å²) in [6, 6.07) is 5.45. The van der Waals surface area contributed by atoms with Gasteiger partial charge >= 0.3 is 0 Å². The third-order valence-electron chi connectivity index (χ3n) is 7.59. The van der Waals surface area contributed by atoms with E-state index >= 15 is 0 Å². The van der Waals surface area contributed by atoms with Gasteiger partial charge in [-0.3, -0.25) is 9.69 Å². The van der Waals surface area contributed by atoms with Crippen LogP contribution in [-0.4, -0.2) is 78.6 Å². The summed E-state index contributed by atoms with van der Waals surface area (Å²) in [6.07, 6.45) is 9.69. The zero-order valence-corrected chi connectivity index (χ0v) is 23.1. The summed E-state index contributed by atoms with van der Waals surface area (Å²) in [5.74, 6) is 2.42. The third-order valence-corrected chi connectivity index (χ3v) is 7.84. The Morgan fingerprint density at radius 1 is 1.08 bits per heavy atom. The fourth-order valence-corrected chi connectivity index (χ4v) is 5.77. The van der Waals surface area contributed by atoms with Gasteiger partial charge in [0.15, 0.2) is 11.5 Å². The van der Waals surface area contributed by atoms with Crippen LogP contribution in [0.2, 0.25) is 0 Å². The molecular weight excluding hydrogens is 492 g/mol. The molecule has 0 spiro atoms. The number of likely N-dealkylation sites (tertiary alicyclic amines) is 1. The highest BCUT2D eigenvalue weighted by atomic mass is 35.5. The number of ether oxygens (including phenoxy) is 2. The molecule has 2 unspecified atom stereocenters. The molecule has 1 aliphatic carbocycles. The Hall–Kier alpha value is -2.52. The van der Waals surface area contributed by atoms with Crippen molar-refractivity contribution < 1.29 is 14.3 Å². The highest BCUT2D eigenvalue weighted by Crippen LogP contribution is 2.36. The second kappa shape index (κ2) is 13.3. The summed E-state index contributed by atoms with van der Waals surface area (Å²) in [5, 5.41) is 10.7. The van der Waals surface area contributed by atoms with Crippen LogP contribution in [0, 0.1) is 0 Å². The highest BCUT2D eigenvalue weighted by molar-refractivity contribution is 6.27. The minimum absolute atomic E-state index is 0.0280. The van der Waals surface area contributed by atoms with Crippen molar-refractivity contribution >= 4 is 40.2 Å². The van der Waals surface area contributed by atoms with Gasteiger partial charge in [-0.2, -0.15) is 4.98 Å². The first-order valence-electron chi connectivity index (χ1n) is 13.5. The Kier molecular flexibility index (Phi) is 9.91. The highest BCUT2D eigenvalue weighted by Gasteiger charge is 2.31. The number of halogens is 1. The van der Waals surface area contributed by atoms with Crippen LogP contribution in [0.3, 0.4) is 0 Å². The van der Waals surface area contributed by atoms with Gasteiger partial charge in [0.25, 0.3) is 0 Å². The van der Waals surface area contributed by atoms with E-state index in [1.165, 1.54) is 32.1 Å². The summed E-state index contributed by atoms with van der Waals surface area (Å²) >= 11 is 5.54. The second-order valence-electron chi connectivity index (χ2n) is 10.1. The van der Waals surface area contributed by atoms with Crippen LogP contribution in [0.5, 0.6) is 11.5 Å². The molecule has 37 heavy (non-hydrogen) atoms. The van der Waals surface area contributed by atoms with Gasteiger partial charge in [0.05, 0.1) is 19.7 Å². The van der Waals surface area contributed by atoms with Crippen molar-refractivity contribution in [3.05, 3.63) is 12.1 Å². The number of amides is 1. The van der Waals surface area contributed by atoms with E-state index in [2.05, 4.69) is 27.8 Å². The van der Waals surface area contributed by atoms with Crippen molar-refractivity contribution in [2.75, 3.05) is 50.4 Å². The molecule has 0 radical (unpaired) electrons. The molecule has 1 aliphatic heterocycles. The lowest BCUT2D eigenvalue weighted by Crippen LogP contribution is -2.50. The zero-order valence-electron chi connectivity index (χ0n) is 22.3. The molecule has 4 rings (SSSR count). The summed E-state index contributed by atoms with van der Waals surface area (Å²) in [6.45, 7) is 4.64. The number of hydrogen-bond acceptors (Lipinski definition) is 8. The van der Waals surface area contributed by atoms with Crippen LogP contribution >= 0.6 is 11.6 Å².